The molecule has 0 bridgehead atoms. The maximum Gasteiger partial charge on any atom is 0.271 e. The van der Waals surface area contributed by atoms with Crippen molar-refractivity contribution in [3.63, 3.8) is 0 Å². The molecule has 132 valence electrons. The Balaban J connectivity index is 1.69. The third kappa shape index (κ3) is 4.50. The number of benzene rings is 2. The summed E-state index contributed by atoms with van der Waals surface area (Å²) < 4.78 is 1.20. The van der Waals surface area contributed by atoms with Crippen molar-refractivity contribution in [1.29, 1.82) is 0 Å². The zero-order chi connectivity index (χ0) is 18.5. The van der Waals surface area contributed by atoms with Gasteiger partial charge in [-0.1, -0.05) is 41.4 Å². The van der Waals surface area contributed by atoms with Gasteiger partial charge in [0.1, 0.15) is 5.69 Å². The number of aromatic nitrogens is 2. The molecule has 0 aliphatic carbocycles. The number of hydrogen-bond acceptors (Lipinski definition) is 3. The smallest absolute Gasteiger partial charge is 0.271 e. The van der Waals surface area contributed by atoms with E-state index in [1.54, 1.807) is 42.5 Å². The number of nitrogens with one attached hydrogen (secondary N) is 1. The fourth-order valence-corrected chi connectivity index (χ4v) is 3.02. The van der Waals surface area contributed by atoms with Gasteiger partial charge in [-0.2, -0.15) is 9.78 Å². The summed E-state index contributed by atoms with van der Waals surface area (Å²) in [6.07, 6.45) is 0.574. The first kappa shape index (κ1) is 18.2. The molecule has 1 heterocycles. The van der Waals surface area contributed by atoms with Crippen LogP contribution in [0, 0.1) is 0 Å². The third-order valence-electron chi connectivity index (χ3n) is 3.66. The predicted octanol–water partition coefficient (Wildman–Crippen LogP) is 3.51. The van der Waals surface area contributed by atoms with Gasteiger partial charge in [0.2, 0.25) is 0 Å². The summed E-state index contributed by atoms with van der Waals surface area (Å²) in [4.78, 5) is 24.3. The zero-order valence-corrected chi connectivity index (χ0v) is 15.2. The van der Waals surface area contributed by atoms with Crippen LogP contribution in [0.4, 0.5) is 0 Å². The van der Waals surface area contributed by atoms with Crippen LogP contribution in [0.1, 0.15) is 16.1 Å². The highest BCUT2D eigenvalue weighted by atomic mass is 35.5. The summed E-state index contributed by atoms with van der Waals surface area (Å²) in [6.45, 7) is 0.391. The molecule has 0 unspecified atom stereocenters. The molecule has 3 aromatic rings. The van der Waals surface area contributed by atoms with E-state index >= 15 is 0 Å². The summed E-state index contributed by atoms with van der Waals surface area (Å²) in [6, 6.07) is 16.9. The molecule has 1 aromatic heterocycles. The molecule has 0 aliphatic heterocycles. The molecule has 0 spiro atoms. The summed E-state index contributed by atoms with van der Waals surface area (Å²) >= 11 is 11.9. The first-order valence-electron chi connectivity index (χ1n) is 7.92. The van der Waals surface area contributed by atoms with E-state index in [4.69, 9.17) is 23.2 Å². The molecule has 0 fully saturated rings. The van der Waals surface area contributed by atoms with Crippen LogP contribution in [0.2, 0.25) is 10.0 Å². The monoisotopic (exact) mass is 387 g/mol. The molecule has 3 rings (SSSR count). The average Bonchev–Trinajstić information content (AvgIpc) is 2.62. The second-order valence-electron chi connectivity index (χ2n) is 5.59. The van der Waals surface area contributed by atoms with Crippen LogP contribution in [-0.2, 0) is 6.42 Å². The van der Waals surface area contributed by atoms with Gasteiger partial charge >= 0.3 is 0 Å². The van der Waals surface area contributed by atoms with Crippen molar-refractivity contribution < 1.29 is 4.79 Å². The number of carbonyl (C=O) groups is 1. The molecular formula is C19H15Cl2N3O2. The largest absolute Gasteiger partial charge is 0.350 e. The minimum Gasteiger partial charge on any atom is -0.350 e. The zero-order valence-electron chi connectivity index (χ0n) is 13.7. The molecular weight excluding hydrogens is 373 g/mol. The number of para-hydroxylation sites is 1. The van der Waals surface area contributed by atoms with Crippen molar-refractivity contribution in [2.45, 2.75) is 6.42 Å². The van der Waals surface area contributed by atoms with E-state index in [9.17, 15) is 9.59 Å². The molecule has 0 aliphatic rings. The lowest BCUT2D eigenvalue weighted by Crippen LogP contribution is -2.30. The lowest BCUT2D eigenvalue weighted by Gasteiger charge is -2.08. The Morgan fingerprint density at radius 2 is 1.69 bits per heavy atom. The Bertz CT molecular complexity index is 967. The third-order valence-corrected chi connectivity index (χ3v) is 4.09. The van der Waals surface area contributed by atoms with Crippen LogP contribution < -0.4 is 10.9 Å². The number of amides is 1. The van der Waals surface area contributed by atoms with Crippen molar-refractivity contribution in [2.24, 2.45) is 0 Å². The topological polar surface area (TPSA) is 64.0 Å². The van der Waals surface area contributed by atoms with Crippen LogP contribution in [0.5, 0.6) is 0 Å². The Labute approximate surface area is 160 Å². The van der Waals surface area contributed by atoms with E-state index in [-0.39, 0.29) is 17.2 Å². The minimum atomic E-state index is -0.359. The van der Waals surface area contributed by atoms with E-state index in [0.717, 1.165) is 5.56 Å². The van der Waals surface area contributed by atoms with Crippen LogP contribution in [0.3, 0.4) is 0 Å². The second-order valence-corrected chi connectivity index (χ2v) is 6.46. The Morgan fingerprint density at radius 1 is 1.00 bits per heavy atom. The molecule has 0 atom stereocenters. The SMILES string of the molecule is O=C(NCCc1cc(Cl)cc(Cl)c1)c1ccc(=O)n(-c2ccccc2)n1. The Hall–Kier alpha value is -2.63. The first-order chi connectivity index (χ1) is 12.5. The maximum atomic E-state index is 12.3. The van der Waals surface area contributed by atoms with Gasteiger partial charge < -0.3 is 5.32 Å². The summed E-state index contributed by atoms with van der Waals surface area (Å²) in [5.41, 5.74) is 1.38. The fraction of sp³-hybridized carbons (Fsp3) is 0.105. The first-order valence-corrected chi connectivity index (χ1v) is 8.67. The van der Waals surface area contributed by atoms with Gasteiger partial charge in [0.25, 0.3) is 11.5 Å². The van der Waals surface area contributed by atoms with E-state index < -0.39 is 0 Å². The number of rotatable bonds is 5. The Kier molecular flexibility index (Phi) is 5.71. The Morgan fingerprint density at radius 3 is 2.38 bits per heavy atom. The summed E-state index contributed by atoms with van der Waals surface area (Å²) in [5.74, 6) is -0.359. The molecule has 7 heteroatoms. The van der Waals surface area contributed by atoms with Crippen LogP contribution in [0.25, 0.3) is 5.69 Å². The standard InChI is InChI=1S/C19H15Cl2N3O2/c20-14-10-13(11-15(21)12-14)8-9-22-19(26)17-6-7-18(25)24(23-17)16-4-2-1-3-5-16/h1-7,10-12H,8-9H2,(H,22,26). The summed E-state index contributed by atoms with van der Waals surface area (Å²) in [7, 11) is 0. The minimum absolute atomic E-state index is 0.164. The van der Waals surface area contributed by atoms with Crippen LogP contribution >= 0.6 is 23.2 Å². The van der Waals surface area contributed by atoms with Crippen molar-refractivity contribution in [3.05, 3.63) is 92.3 Å². The van der Waals surface area contributed by atoms with Gasteiger partial charge in [0.05, 0.1) is 5.69 Å². The highest BCUT2D eigenvalue weighted by Gasteiger charge is 2.10. The second kappa shape index (κ2) is 8.17. The number of hydrogen-bond donors (Lipinski definition) is 1. The lowest BCUT2D eigenvalue weighted by atomic mass is 10.1. The molecule has 0 saturated carbocycles. The quantitative estimate of drug-likeness (QED) is 0.728. The maximum absolute atomic E-state index is 12.3. The number of halogens is 2. The van der Waals surface area contributed by atoms with Crippen molar-refractivity contribution in [1.82, 2.24) is 15.1 Å². The van der Waals surface area contributed by atoms with Gasteiger partial charge in [0.15, 0.2) is 0 Å². The van der Waals surface area contributed by atoms with Gasteiger partial charge in [-0.15, -0.1) is 0 Å². The van der Waals surface area contributed by atoms with Crippen molar-refractivity contribution >= 4 is 29.1 Å². The molecule has 0 saturated heterocycles. The molecule has 26 heavy (non-hydrogen) atoms. The van der Waals surface area contributed by atoms with Gasteiger partial charge in [-0.3, -0.25) is 9.59 Å². The van der Waals surface area contributed by atoms with Gasteiger partial charge in [-0.25, -0.2) is 0 Å². The van der Waals surface area contributed by atoms with Gasteiger partial charge in [-0.05, 0) is 48.4 Å². The van der Waals surface area contributed by atoms with Gasteiger partial charge in [0, 0.05) is 22.7 Å². The highest BCUT2D eigenvalue weighted by molar-refractivity contribution is 6.34. The number of carbonyl (C=O) groups excluding carboxylic acids is 1. The lowest BCUT2D eigenvalue weighted by molar-refractivity contribution is 0.0947. The van der Waals surface area contributed by atoms with E-state index in [0.29, 0.717) is 28.7 Å². The molecule has 5 nitrogen and oxygen atoms in total. The van der Waals surface area contributed by atoms with Crippen molar-refractivity contribution in [2.75, 3.05) is 6.54 Å². The van der Waals surface area contributed by atoms with E-state index in [1.807, 2.05) is 6.07 Å². The molecule has 2 aromatic carbocycles. The number of nitrogens with zero attached hydrogens (tertiary/aromatic N) is 2. The average molecular weight is 388 g/mol. The predicted molar refractivity (Wildman–Crippen MR) is 102 cm³/mol. The highest BCUT2D eigenvalue weighted by Crippen LogP contribution is 2.19. The molecule has 1 amide bonds. The fourth-order valence-electron chi connectivity index (χ4n) is 2.45. The normalized spacial score (nSPS) is 10.5. The van der Waals surface area contributed by atoms with Crippen LogP contribution in [-0.4, -0.2) is 22.2 Å². The van der Waals surface area contributed by atoms with E-state index in [1.165, 1.54) is 16.8 Å². The van der Waals surface area contributed by atoms with Crippen molar-refractivity contribution in [3.8, 4) is 5.69 Å². The summed E-state index contributed by atoms with van der Waals surface area (Å²) in [5, 5.41) is 8.03. The molecule has 0 radical (unpaired) electrons. The van der Waals surface area contributed by atoms with Crippen LogP contribution in [0.15, 0.2) is 65.5 Å². The van der Waals surface area contributed by atoms with E-state index in [2.05, 4.69) is 10.4 Å². The molecule has 1 N–H and O–H groups in total.